The van der Waals surface area contributed by atoms with Crippen molar-refractivity contribution in [1.29, 1.82) is 0 Å². The molecule has 0 radical (unpaired) electrons. The summed E-state index contributed by atoms with van der Waals surface area (Å²) in [6, 6.07) is 18.6. The lowest BCUT2D eigenvalue weighted by molar-refractivity contribution is 0.0627. The molecule has 6 aliphatic rings. The van der Waals surface area contributed by atoms with Gasteiger partial charge in [0.25, 0.3) is 0 Å². The van der Waals surface area contributed by atoms with Gasteiger partial charge in [-0.15, -0.1) is 0 Å². The summed E-state index contributed by atoms with van der Waals surface area (Å²) < 4.78 is 47.8. The summed E-state index contributed by atoms with van der Waals surface area (Å²) in [6.07, 6.45) is 29.9. The molecule has 6 saturated heterocycles. The molecule has 6 aliphatic heterocycles. The van der Waals surface area contributed by atoms with Gasteiger partial charge in [-0.1, -0.05) is 6.92 Å². The van der Waals surface area contributed by atoms with E-state index in [4.69, 9.17) is 15.0 Å². The normalized spacial score (nSPS) is 19.3. The van der Waals surface area contributed by atoms with Crippen LogP contribution >= 0.6 is 0 Å². The zero-order valence-electron chi connectivity index (χ0n) is 60.0. The molecule has 21 nitrogen and oxygen atoms in total. The van der Waals surface area contributed by atoms with E-state index in [1.54, 1.807) is 39.4 Å². The van der Waals surface area contributed by atoms with E-state index >= 15 is 0 Å². The molecule has 0 spiro atoms. The van der Waals surface area contributed by atoms with E-state index in [0.29, 0.717) is 57.4 Å². The lowest BCUT2D eigenvalue weighted by Gasteiger charge is -2.45. The number of nitrogens with zero attached hydrogens (tertiary/aromatic N) is 20. The van der Waals surface area contributed by atoms with Crippen molar-refractivity contribution < 1.29 is 13.2 Å². The van der Waals surface area contributed by atoms with Gasteiger partial charge in [0, 0.05) is 205 Å². The van der Waals surface area contributed by atoms with Gasteiger partial charge < -0.3 is 29.8 Å². The van der Waals surface area contributed by atoms with E-state index in [9.17, 15) is 13.2 Å². The number of pyridine rings is 3. The number of likely N-dealkylation sites (N-methyl/N-ethyl adjacent to an activating group) is 2. The first-order valence-electron chi connectivity index (χ1n) is 37.0. The molecule has 24 heteroatoms. The van der Waals surface area contributed by atoms with Crippen LogP contribution in [0.2, 0.25) is 0 Å². The molecule has 6 fully saturated rings. The third kappa shape index (κ3) is 14.0. The summed E-state index contributed by atoms with van der Waals surface area (Å²) in [4.78, 5) is 47.8. The zero-order chi connectivity index (χ0) is 70.4. The molecular formula is C79H92F3N21. The molecule has 0 saturated carbocycles. The molecule has 0 bridgehead atoms. The van der Waals surface area contributed by atoms with Gasteiger partial charge in [-0.2, -0.15) is 15.3 Å². The Morgan fingerprint density at radius 1 is 0.408 bits per heavy atom. The van der Waals surface area contributed by atoms with Gasteiger partial charge in [-0.05, 0) is 150 Å². The number of nitrogens with one attached hydrogen (secondary N) is 1. The molecule has 3 aromatic carbocycles. The maximum absolute atomic E-state index is 14.1. The molecule has 9 aromatic heterocycles. The maximum atomic E-state index is 14.1. The van der Waals surface area contributed by atoms with Crippen LogP contribution in [0.3, 0.4) is 0 Å². The van der Waals surface area contributed by atoms with E-state index < -0.39 is 0 Å². The number of hydrogen-bond donors (Lipinski definition) is 1. The quantitative estimate of drug-likeness (QED) is 0.137. The Morgan fingerprint density at radius 2 is 0.757 bits per heavy atom. The molecular weight excluding hydrogens is 1300 g/mol. The lowest BCUT2D eigenvalue weighted by atomic mass is 10.0. The van der Waals surface area contributed by atoms with Crippen molar-refractivity contribution in [3.05, 3.63) is 163 Å². The predicted octanol–water partition coefficient (Wildman–Crippen LogP) is 11.3. The van der Waals surface area contributed by atoms with Crippen molar-refractivity contribution in [3.8, 4) is 33.4 Å². The van der Waals surface area contributed by atoms with E-state index in [-0.39, 0.29) is 17.5 Å². The Labute approximate surface area is 599 Å². The van der Waals surface area contributed by atoms with Crippen molar-refractivity contribution in [3.63, 3.8) is 0 Å². The number of fused-ring (bicyclic) bond motifs is 6. The Hall–Kier alpha value is -9.30. The first kappa shape index (κ1) is 68.1. The highest BCUT2D eigenvalue weighted by Crippen LogP contribution is 2.37. The highest BCUT2D eigenvalue weighted by Gasteiger charge is 2.32. The fraction of sp³-hybridized carbons (Fsp3) is 0.430. The largest absolute Gasteiger partial charge is 0.369 e. The predicted molar refractivity (Wildman–Crippen MR) is 403 cm³/mol. The molecule has 15 heterocycles. The van der Waals surface area contributed by atoms with Crippen LogP contribution in [0.1, 0.15) is 69.1 Å². The molecule has 18 rings (SSSR count). The van der Waals surface area contributed by atoms with Crippen molar-refractivity contribution in [1.82, 2.24) is 88.6 Å². The topological polar surface area (TPSA) is 167 Å². The van der Waals surface area contributed by atoms with E-state index in [0.717, 1.165) is 162 Å². The van der Waals surface area contributed by atoms with Crippen LogP contribution in [0.5, 0.6) is 0 Å². The van der Waals surface area contributed by atoms with Crippen LogP contribution in [0.15, 0.2) is 129 Å². The molecule has 1 N–H and O–H groups in total. The first-order chi connectivity index (χ1) is 50.2. The van der Waals surface area contributed by atoms with Crippen LogP contribution in [-0.2, 0) is 0 Å². The maximum Gasteiger partial charge on any atom is 0.162 e. The molecule has 0 amide bonds. The second kappa shape index (κ2) is 29.4. The monoisotopic (exact) mass is 1390 g/mol. The number of piperidine rings is 3. The number of piperazine rings is 3. The fourth-order valence-electron chi connectivity index (χ4n) is 16.6. The van der Waals surface area contributed by atoms with Crippen molar-refractivity contribution >= 4 is 66.7 Å². The molecule has 1 unspecified atom stereocenters. The molecule has 534 valence electrons. The summed E-state index contributed by atoms with van der Waals surface area (Å²) in [6.45, 7) is 30.1. The Bertz CT molecular complexity index is 5010. The average Bonchev–Trinajstić information content (AvgIpc) is 1.71. The standard InChI is InChI=1S/2C27H32FN7.C25H28FN7/c1-18-12-23-22(4-7-29-26(23)13-25(18)28)24-15-31-35-17-21(14-30-27(24)35)33-8-5-20(6-9-33)34-11-10-32(3)19(2)16-34;1-3-32-10-12-34(13-11-32)20-5-8-33(9-6-20)21-16-30-27-24(17-31-35(27)18-21)22-4-7-29-26-15-25(28)19(2)14-23(22)26;1-17-12-21-20(2-5-28-24(21)13-23(17)26)22-15-30-33-16-19(14-29-25(22)33)31-8-3-18(4-9-31)32-10-6-27-7-11-32/h4,7,12-15,17,19-20H,5-6,8-11,16H2,1-3H3;4,7,14-18,20H,3,5-6,8-13H2,1-2H3;2,5,12-16,18,27H,3-4,6-11H2,1H3. The highest BCUT2D eigenvalue weighted by atomic mass is 19.1. The fourth-order valence-corrected chi connectivity index (χ4v) is 16.6. The number of aromatic nitrogens is 12. The van der Waals surface area contributed by atoms with Crippen LogP contribution < -0.4 is 20.0 Å². The average molecular weight is 1390 g/mol. The van der Waals surface area contributed by atoms with E-state index in [1.165, 1.54) is 96.0 Å². The van der Waals surface area contributed by atoms with Gasteiger partial charge in [-0.3, -0.25) is 29.7 Å². The highest BCUT2D eigenvalue weighted by molar-refractivity contribution is 6.00. The van der Waals surface area contributed by atoms with Gasteiger partial charge in [0.15, 0.2) is 16.9 Å². The van der Waals surface area contributed by atoms with E-state index in [1.807, 2.05) is 87.1 Å². The van der Waals surface area contributed by atoms with Gasteiger partial charge in [0.2, 0.25) is 0 Å². The summed E-state index contributed by atoms with van der Waals surface area (Å²) >= 11 is 0. The molecule has 0 aliphatic carbocycles. The summed E-state index contributed by atoms with van der Waals surface area (Å²) in [5, 5.41) is 20.0. The smallest absolute Gasteiger partial charge is 0.162 e. The van der Waals surface area contributed by atoms with Crippen molar-refractivity contribution in [2.75, 3.05) is 140 Å². The SMILES string of the molecule is CCN1CCN(C2CCN(c3cnc4c(-c5ccnc6cc(F)c(C)cc56)cnn4c3)CC2)CC1.Cc1cc2c(-c3cnn4cc(N5CCC(N6CCN(C)C(C)C6)CC5)cnc34)ccnc2cc1F.Cc1cc2c(-c3cnn4cc(N5CCC(N6CCNCC6)CC5)cnc34)ccnc2cc1F. The second-order valence-electron chi connectivity index (χ2n) is 29.1. The van der Waals surface area contributed by atoms with Crippen LogP contribution in [-0.4, -0.2) is 232 Å². The minimum atomic E-state index is -0.240. The number of aryl methyl sites for hydroxylation is 3. The number of halogens is 3. The summed E-state index contributed by atoms with van der Waals surface area (Å²) in [5.74, 6) is -0.719. The van der Waals surface area contributed by atoms with E-state index in [2.05, 4.69) is 114 Å². The lowest BCUT2D eigenvalue weighted by Crippen LogP contribution is -2.55. The summed E-state index contributed by atoms with van der Waals surface area (Å²) in [7, 11) is 2.23. The summed E-state index contributed by atoms with van der Waals surface area (Å²) in [5.41, 5.74) is 15.1. The number of hydrogen-bond acceptors (Lipinski definition) is 18. The van der Waals surface area contributed by atoms with Crippen molar-refractivity contribution in [2.45, 2.75) is 97.3 Å². The zero-order valence-corrected chi connectivity index (χ0v) is 60.0. The minimum absolute atomic E-state index is 0.239. The minimum Gasteiger partial charge on any atom is -0.369 e. The third-order valence-electron chi connectivity index (χ3n) is 23.0. The van der Waals surface area contributed by atoms with Gasteiger partial charge in [0.05, 0.1) is 89.4 Å². The number of benzene rings is 3. The Kier molecular flexibility index (Phi) is 19.5. The number of rotatable bonds is 10. The van der Waals surface area contributed by atoms with Gasteiger partial charge in [0.1, 0.15) is 17.5 Å². The molecule has 1 atom stereocenters. The van der Waals surface area contributed by atoms with Crippen LogP contribution in [0, 0.1) is 38.2 Å². The van der Waals surface area contributed by atoms with Gasteiger partial charge in [-0.25, -0.2) is 41.7 Å². The number of anilines is 3. The Morgan fingerprint density at radius 3 is 1.12 bits per heavy atom. The second-order valence-corrected chi connectivity index (χ2v) is 29.1. The molecule has 12 aromatic rings. The van der Waals surface area contributed by atoms with Crippen LogP contribution in [0.25, 0.3) is 83.0 Å². The Balaban J connectivity index is 0.000000119. The first-order valence-corrected chi connectivity index (χ1v) is 37.0. The van der Waals surface area contributed by atoms with Crippen LogP contribution in [0.4, 0.5) is 30.2 Å². The third-order valence-corrected chi connectivity index (χ3v) is 23.0. The molecule has 103 heavy (non-hydrogen) atoms. The van der Waals surface area contributed by atoms with Crippen molar-refractivity contribution in [2.24, 2.45) is 0 Å². The van der Waals surface area contributed by atoms with Gasteiger partial charge >= 0.3 is 0 Å².